The first-order valence-electron chi connectivity index (χ1n) is 21.1. The van der Waals surface area contributed by atoms with Crippen LogP contribution < -0.4 is 32.7 Å². The van der Waals surface area contributed by atoms with Gasteiger partial charge in [-0.25, -0.2) is 9.59 Å². The largest absolute Gasteiger partial charge is 0.445 e. The SMILES string of the molecule is CC[C@H](O[C@H](CC(=O)N1CCN(C(=O)OCc2ccc(NC(=O)[C@H](CCCNC(N)=O)NC(=O)[C@@H](NC(=O)CCCCCN)C(C)C)cc2)CC1)C[C@]1(CO)CO1)C(C)O. The summed E-state index contributed by atoms with van der Waals surface area (Å²) < 4.78 is 17.1. The van der Waals surface area contributed by atoms with Crippen LogP contribution in [-0.2, 0) is 40.0 Å². The van der Waals surface area contributed by atoms with Crippen LogP contribution in [0.4, 0.5) is 15.3 Å². The number of piperazine rings is 1. The highest BCUT2D eigenvalue weighted by molar-refractivity contribution is 5.98. The predicted octanol–water partition coefficient (Wildman–Crippen LogP) is 1.09. The minimum Gasteiger partial charge on any atom is -0.445 e. The molecule has 0 saturated carbocycles. The Balaban J connectivity index is 1.51. The third kappa shape index (κ3) is 17.2. The van der Waals surface area contributed by atoms with Crippen molar-refractivity contribution in [1.82, 2.24) is 25.8 Å². The molecule has 2 aliphatic heterocycles. The van der Waals surface area contributed by atoms with Crippen LogP contribution in [0.15, 0.2) is 24.3 Å². The van der Waals surface area contributed by atoms with Crippen LogP contribution in [0.5, 0.6) is 0 Å². The lowest BCUT2D eigenvalue weighted by Gasteiger charge is -2.35. The number of unbranched alkanes of at least 4 members (excludes halogenated alkanes) is 2. The Labute approximate surface area is 352 Å². The fourth-order valence-corrected chi connectivity index (χ4v) is 6.80. The van der Waals surface area contributed by atoms with E-state index in [0.717, 1.165) is 12.8 Å². The lowest BCUT2D eigenvalue weighted by Crippen LogP contribution is -2.54. The zero-order valence-electron chi connectivity index (χ0n) is 35.6. The van der Waals surface area contributed by atoms with E-state index in [4.69, 9.17) is 25.7 Å². The molecule has 2 heterocycles. The van der Waals surface area contributed by atoms with E-state index in [-0.39, 0.29) is 69.8 Å². The standard InChI is InChI=1S/C41H68N8O11/c1-5-33(28(4)51)60-31(23-41(25-50)26-59-41)22-35(53)48-18-20-49(21-19-48)40(57)58-24-29-12-14-30(15-13-29)45-37(54)32(10-9-17-44-39(43)56)46-38(55)36(27(2)3)47-34(52)11-7-6-8-16-42/h12-15,27-28,31-33,36,50-51H,5-11,16-26,42H2,1-4H3,(H,45,54)(H,46,55)(H,47,52)(H3,43,44,56)/t28?,31-,32+,33+,36+,41+/m1/s1. The quantitative estimate of drug-likeness (QED) is 0.0481. The number of ether oxygens (including phenoxy) is 3. The molecule has 1 aromatic carbocycles. The third-order valence-electron chi connectivity index (χ3n) is 10.6. The molecule has 1 unspecified atom stereocenters. The van der Waals surface area contributed by atoms with Crippen LogP contribution in [0.3, 0.4) is 0 Å². The summed E-state index contributed by atoms with van der Waals surface area (Å²) in [6, 6.07) is 4.07. The monoisotopic (exact) mass is 849 g/mol. The fourth-order valence-electron chi connectivity index (χ4n) is 6.80. The van der Waals surface area contributed by atoms with Crippen LogP contribution in [0, 0.1) is 5.92 Å². The number of nitrogens with two attached hydrogens (primary N) is 2. The first kappa shape index (κ1) is 49.8. The number of benzene rings is 1. The van der Waals surface area contributed by atoms with Crippen LogP contribution in [0.1, 0.15) is 91.0 Å². The van der Waals surface area contributed by atoms with E-state index in [1.54, 1.807) is 49.9 Å². The molecule has 3 rings (SSSR count). The second-order valence-corrected chi connectivity index (χ2v) is 16.0. The number of hydrogen-bond donors (Lipinski definition) is 8. The molecule has 2 aliphatic rings. The van der Waals surface area contributed by atoms with Crippen molar-refractivity contribution in [2.45, 2.75) is 128 Å². The Bertz CT molecular complexity index is 1530. The molecule has 2 saturated heterocycles. The van der Waals surface area contributed by atoms with Gasteiger partial charge in [0.1, 0.15) is 24.3 Å². The molecular formula is C41H68N8O11. The van der Waals surface area contributed by atoms with Gasteiger partial charge in [0.15, 0.2) is 0 Å². The van der Waals surface area contributed by atoms with E-state index in [1.165, 1.54) is 4.90 Å². The second-order valence-electron chi connectivity index (χ2n) is 16.0. The summed E-state index contributed by atoms with van der Waals surface area (Å²) in [7, 11) is 0. The Kier molecular flexibility index (Phi) is 21.0. The molecule has 60 heavy (non-hydrogen) atoms. The first-order valence-corrected chi connectivity index (χ1v) is 21.1. The number of aliphatic hydroxyl groups is 2. The summed E-state index contributed by atoms with van der Waals surface area (Å²) in [5.74, 6) is -1.70. The second kappa shape index (κ2) is 25.3. The van der Waals surface area contributed by atoms with Gasteiger partial charge in [-0.05, 0) is 69.2 Å². The maximum Gasteiger partial charge on any atom is 0.410 e. The zero-order valence-corrected chi connectivity index (χ0v) is 35.6. The molecule has 0 aromatic heterocycles. The van der Waals surface area contributed by atoms with Gasteiger partial charge >= 0.3 is 12.1 Å². The molecule has 0 bridgehead atoms. The van der Waals surface area contributed by atoms with Gasteiger partial charge in [-0.3, -0.25) is 19.2 Å². The minimum atomic E-state index is -1.000. The third-order valence-corrected chi connectivity index (χ3v) is 10.6. The normalized spacial score (nSPS) is 18.7. The summed E-state index contributed by atoms with van der Waals surface area (Å²) in [5.41, 5.74) is 11.1. The number of primary amides is 1. The molecule has 10 N–H and O–H groups in total. The topological polar surface area (TPSA) is 281 Å². The average molecular weight is 849 g/mol. The summed E-state index contributed by atoms with van der Waals surface area (Å²) in [5, 5.41) is 30.7. The van der Waals surface area contributed by atoms with Crippen LogP contribution >= 0.6 is 0 Å². The number of rotatable bonds is 26. The molecule has 6 atom stereocenters. The maximum atomic E-state index is 13.5. The number of anilines is 1. The molecule has 1 aromatic rings. The molecule has 0 spiro atoms. The molecule has 338 valence electrons. The number of urea groups is 1. The molecular weight excluding hydrogens is 780 g/mol. The Hall–Kier alpha value is -4.56. The van der Waals surface area contributed by atoms with E-state index in [2.05, 4.69) is 21.3 Å². The minimum absolute atomic E-state index is 0.0390. The fraction of sp³-hybridized carbons (Fsp3) is 0.707. The van der Waals surface area contributed by atoms with Crippen molar-refractivity contribution < 1.29 is 53.2 Å². The smallest absolute Gasteiger partial charge is 0.410 e. The molecule has 19 nitrogen and oxygen atoms in total. The molecule has 7 amide bonds. The number of nitrogens with one attached hydrogen (secondary N) is 4. The van der Waals surface area contributed by atoms with Gasteiger partial charge in [0.2, 0.25) is 23.6 Å². The summed E-state index contributed by atoms with van der Waals surface area (Å²) in [6.07, 6.45) is 1.65. The summed E-state index contributed by atoms with van der Waals surface area (Å²) in [4.78, 5) is 80.1. The highest BCUT2D eigenvalue weighted by atomic mass is 16.6. The van der Waals surface area contributed by atoms with Crippen molar-refractivity contribution >= 4 is 41.4 Å². The number of carbonyl (C=O) groups excluding carboxylic acids is 6. The molecule has 2 fully saturated rings. The lowest BCUT2D eigenvalue weighted by atomic mass is 10.00. The Morgan fingerprint density at radius 2 is 1.60 bits per heavy atom. The highest BCUT2D eigenvalue weighted by Crippen LogP contribution is 2.34. The number of epoxide rings is 1. The highest BCUT2D eigenvalue weighted by Gasteiger charge is 2.47. The average Bonchev–Trinajstić information content (AvgIpc) is 4.00. The summed E-state index contributed by atoms with van der Waals surface area (Å²) in [6.45, 7) is 9.15. The number of carbonyl (C=O) groups is 6. The predicted molar refractivity (Wildman–Crippen MR) is 222 cm³/mol. The van der Waals surface area contributed by atoms with Crippen molar-refractivity contribution in [2.75, 3.05) is 57.8 Å². The van der Waals surface area contributed by atoms with E-state index < -0.39 is 59.9 Å². The van der Waals surface area contributed by atoms with Gasteiger partial charge in [0, 0.05) is 51.3 Å². The maximum absolute atomic E-state index is 13.5. The van der Waals surface area contributed by atoms with Crippen LogP contribution in [0.25, 0.3) is 0 Å². The number of nitrogens with zero attached hydrogens (tertiary/aromatic N) is 2. The van der Waals surface area contributed by atoms with Crippen molar-refractivity contribution in [2.24, 2.45) is 17.4 Å². The van der Waals surface area contributed by atoms with E-state index in [0.29, 0.717) is 63.2 Å². The van der Waals surface area contributed by atoms with Crippen molar-refractivity contribution in [1.29, 1.82) is 0 Å². The van der Waals surface area contributed by atoms with Gasteiger partial charge in [0.25, 0.3) is 0 Å². The zero-order chi connectivity index (χ0) is 44.2. The van der Waals surface area contributed by atoms with Crippen molar-refractivity contribution in [3.05, 3.63) is 29.8 Å². The Morgan fingerprint density at radius 3 is 2.17 bits per heavy atom. The van der Waals surface area contributed by atoms with Gasteiger partial charge < -0.3 is 67.0 Å². The van der Waals surface area contributed by atoms with E-state index >= 15 is 0 Å². The van der Waals surface area contributed by atoms with Gasteiger partial charge in [-0.15, -0.1) is 0 Å². The van der Waals surface area contributed by atoms with Gasteiger partial charge in [-0.2, -0.15) is 0 Å². The molecule has 0 radical (unpaired) electrons. The lowest BCUT2D eigenvalue weighted by molar-refractivity contribution is -0.140. The van der Waals surface area contributed by atoms with Crippen LogP contribution in [0.2, 0.25) is 0 Å². The molecule has 19 heteroatoms. The van der Waals surface area contributed by atoms with Crippen molar-refractivity contribution in [3.8, 4) is 0 Å². The van der Waals surface area contributed by atoms with Gasteiger partial charge in [-0.1, -0.05) is 39.3 Å². The number of aliphatic hydroxyl groups excluding tert-OH is 2. The van der Waals surface area contributed by atoms with E-state index in [1.807, 2.05) is 6.92 Å². The van der Waals surface area contributed by atoms with Crippen molar-refractivity contribution in [3.63, 3.8) is 0 Å². The molecule has 0 aliphatic carbocycles. The number of amides is 7. The summed E-state index contributed by atoms with van der Waals surface area (Å²) >= 11 is 0. The van der Waals surface area contributed by atoms with E-state index in [9.17, 15) is 39.0 Å². The first-order chi connectivity index (χ1) is 28.6. The number of hydrogen-bond acceptors (Lipinski definition) is 12. The Morgan fingerprint density at radius 1 is 0.933 bits per heavy atom. The van der Waals surface area contributed by atoms with Crippen LogP contribution in [-0.4, -0.2) is 144 Å². The van der Waals surface area contributed by atoms with Gasteiger partial charge in [0.05, 0.1) is 37.9 Å².